The van der Waals surface area contributed by atoms with Gasteiger partial charge in [-0.2, -0.15) is 0 Å². The lowest BCUT2D eigenvalue weighted by Crippen LogP contribution is -1.96. The first kappa shape index (κ1) is 14.4. The third-order valence-electron chi connectivity index (χ3n) is 1.82. The Morgan fingerprint density at radius 2 is 1.28 bits per heavy atom. The summed E-state index contributed by atoms with van der Waals surface area (Å²) in [7, 11) is 2.75. The highest BCUT2D eigenvalue weighted by Crippen LogP contribution is 2.09. The van der Waals surface area contributed by atoms with Crippen molar-refractivity contribution in [1.82, 2.24) is 0 Å². The summed E-state index contributed by atoms with van der Waals surface area (Å²) in [5, 5.41) is 3.68. The molecule has 2 aromatic rings. The number of methoxy groups -OCH3 is 2. The van der Waals surface area contributed by atoms with Gasteiger partial charge in [-0.1, -0.05) is 12.1 Å². The van der Waals surface area contributed by atoms with Crippen LogP contribution in [-0.4, -0.2) is 26.2 Å². The number of thiophene rings is 2. The second-order valence-electron chi connectivity index (χ2n) is 2.94. The quantitative estimate of drug-likeness (QED) is 0.795. The van der Waals surface area contributed by atoms with Crippen LogP contribution in [0.5, 0.6) is 0 Å². The zero-order valence-electron chi connectivity index (χ0n) is 9.91. The lowest BCUT2D eigenvalue weighted by atomic mass is 10.5. The molecule has 2 heterocycles. The average Bonchev–Trinajstić information content (AvgIpc) is 3.09. The van der Waals surface area contributed by atoms with Crippen molar-refractivity contribution in [3.63, 3.8) is 0 Å². The van der Waals surface area contributed by atoms with Crippen LogP contribution in [0.4, 0.5) is 0 Å². The molecule has 6 heteroatoms. The molecule has 0 N–H and O–H groups in total. The molecule has 0 atom stereocenters. The number of carbonyl (C=O) groups excluding carboxylic acids is 2. The summed E-state index contributed by atoms with van der Waals surface area (Å²) < 4.78 is 8.93. The summed E-state index contributed by atoms with van der Waals surface area (Å²) in [6.45, 7) is 0. The zero-order valence-corrected chi connectivity index (χ0v) is 11.5. The molecule has 0 radical (unpaired) electrons. The van der Waals surface area contributed by atoms with Crippen LogP contribution in [0, 0.1) is 0 Å². The van der Waals surface area contributed by atoms with Crippen LogP contribution in [0.15, 0.2) is 35.0 Å². The normalized spacial score (nSPS) is 9.00. The SMILES string of the molecule is COC(=O)c1cccs1.COC(=O)c1cccs1. The first-order valence-electron chi connectivity index (χ1n) is 4.92. The van der Waals surface area contributed by atoms with Gasteiger partial charge in [0.15, 0.2) is 0 Å². The predicted molar refractivity (Wildman–Crippen MR) is 71.3 cm³/mol. The van der Waals surface area contributed by atoms with E-state index >= 15 is 0 Å². The zero-order chi connectivity index (χ0) is 13.4. The Kier molecular flexibility index (Phi) is 6.10. The largest absolute Gasteiger partial charge is 0.465 e. The van der Waals surface area contributed by atoms with E-state index in [0.717, 1.165) is 0 Å². The minimum Gasteiger partial charge on any atom is -0.465 e. The summed E-state index contributed by atoms with van der Waals surface area (Å²) in [6.07, 6.45) is 0. The van der Waals surface area contributed by atoms with Crippen LogP contribution >= 0.6 is 22.7 Å². The van der Waals surface area contributed by atoms with Gasteiger partial charge < -0.3 is 9.47 Å². The van der Waals surface area contributed by atoms with Crippen LogP contribution in [0.25, 0.3) is 0 Å². The van der Waals surface area contributed by atoms with Crippen LogP contribution < -0.4 is 0 Å². The van der Waals surface area contributed by atoms with Gasteiger partial charge in [-0.25, -0.2) is 9.59 Å². The van der Waals surface area contributed by atoms with Crippen LogP contribution in [0.1, 0.15) is 19.3 Å². The minimum absolute atomic E-state index is 0.259. The molecule has 0 bridgehead atoms. The lowest BCUT2D eigenvalue weighted by molar-refractivity contribution is 0.0597. The maximum atomic E-state index is 10.7. The molecule has 0 fully saturated rings. The predicted octanol–water partition coefficient (Wildman–Crippen LogP) is 3.07. The van der Waals surface area contributed by atoms with Gasteiger partial charge in [0.1, 0.15) is 9.75 Å². The molecule has 0 spiro atoms. The average molecular weight is 284 g/mol. The number of ether oxygens (including phenoxy) is 2. The number of hydrogen-bond acceptors (Lipinski definition) is 6. The van der Waals surface area contributed by atoms with E-state index in [1.54, 1.807) is 12.1 Å². The van der Waals surface area contributed by atoms with Crippen molar-refractivity contribution in [3.8, 4) is 0 Å². The van der Waals surface area contributed by atoms with E-state index in [-0.39, 0.29) is 11.9 Å². The Balaban J connectivity index is 0.000000180. The number of rotatable bonds is 2. The van der Waals surface area contributed by atoms with Gasteiger partial charge in [0.25, 0.3) is 0 Å². The molecule has 0 unspecified atom stereocenters. The highest BCUT2D eigenvalue weighted by atomic mass is 32.1. The topological polar surface area (TPSA) is 52.6 Å². The van der Waals surface area contributed by atoms with Gasteiger partial charge in [0.05, 0.1) is 14.2 Å². The van der Waals surface area contributed by atoms with Crippen LogP contribution in [-0.2, 0) is 9.47 Å². The van der Waals surface area contributed by atoms with Gasteiger partial charge in [0, 0.05) is 0 Å². The van der Waals surface area contributed by atoms with Crippen molar-refractivity contribution in [3.05, 3.63) is 44.8 Å². The Hall–Kier alpha value is -1.66. The third-order valence-corrected chi connectivity index (χ3v) is 3.52. The second-order valence-corrected chi connectivity index (χ2v) is 4.83. The van der Waals surface area contributed by atoms with Gasteiger partial charge in [-0.15, -0.1) is 22.7 Å². The fourth-order valence-electron chi connectivity index (χ4n) is 0.991. The summed E-state index contributed by atoms with van der Waals surface area (Å²) >= 11 is 2.76. The number of hydrogen-bond donors (Lipinski definition) is 0. The third kappa shape index (κ3) is 4.31. The van der Waals surface area contributed by atoms with Crippen molar-refractivity contribution < 1.29 is 19.1 Å². The molecular weight excluding hydrogens is 272 g/mol. The molecule has 0 aliphatic rings. The van der Waals surface area contributed by atoms with Crippen LogP contribution in [0.2, 0.25) is 0 Å². The summed E-state index contributed by atoms with van der Waals surface area (Å²) in [5.41, 5.74) is 0. The summed E-state index contributed by atoms with van der Waals surface area (Å²) in [4.78, 5) is 22.6. The highest BCUT2D eigenvalue weighted by Gasteiger charge is 2.03. The van der Waals surface area contributed by atoms with Gasteiger partial charge in [0.2, 0.25) is 0 Å². The molecule has 0 aliphatic heterocycles. The van der Waals surface area contributed by atoms with Gasteiger partial charge in [-0.3, -0.25) is 0 Å². The van der Waals surface area contributed by atoms with Crippen molar-refractivity contribution in [2.24, 2.45) is 0 Å². The van der Waals surface area contributed by atoms with E-state index in [1.807, 2.05) is 22.9 Å². The standard InChI is InChI=1S/2C6H6O2S/c2*1-8-6(7)5-3-2-4-9-5/h2*2-4H,1H3. The molecule has 96 valence electrons. The van der Waals surface area contributed by atoms with Crippen molar-refractivity contribution in [2.45, 2.75) is 0 Å². The van der Waals surface area contributed by atoms with E-state index in [0.29, 0.717) is 9.75 Å². The molecule has 0 aliphatic carbocycles. The molecule has 2 aromatic heterocycles. The monoisotopic (exact) mass is 284 g/mol. The molecule has 0 saturated heterocycles. The van der Waals surface area contributed by atoms with Gasteiger partial charge in [-0.05, 0) is 22.9 Å². The van der Waals surface area contributed by atoms with Crippen molar-refractivity contribution in [1.29, 1.82) is 0 Å². The maximum absolute atomic E-state index is 10.7. The molecule has 2 rings (SSSR count). The molecule has 0 aromatic carbocycles. The smallest absolute Gasteiger partial charge is 0.348 e. The first-order valence-corrected chi connectivity index (χ1v) is 6.68. The van der Waals surface area contributed by atoms with E-state index in [1.165, 1.54) is 36.9 Å². The molecule has 18 heavy (non-hydrogen) atoms. The Morgan fingerprint density at radius 1 is 0.889 bits per heavy atom. The van der Waals surface area contributed by atoms with E-state index in [4.69, 9.17) is 0 Å². The van der Waals surface area contributed by atoms with Crippen molar-refractivity contribution in [2.75, 3.05) is 14.2 Å². The molecule has 4 nitrogen and oxygen atoms in total. The maximum Gasteiger partial charge on any atom is 0.348 e. The molecular formula is C12H12O4S2. The molecule has 0 amide bonds. The van der Waals surface area contributed by atoms with E-state index in [9.17, 15) is 9.59 Å². The summed E-state index contributed by atoms with van der Waals surface area (Å²) in [5.74, 6) is -0.519. The van der Waals surface area contributed by atoms with Gasteiger partial charge >= 0.3 is 11.9 Å². The van der Waals surface area contributed by atoms with E-state index < -0.39 is 0 Å². The Morgan fingerprint density at radius 3 is 1.50 bits per heavy atom. The highest BCUT2D eigenvalue weighted by molar-refractivity contribution is 7.12. The Labute approximate surface area is 113 Å². The molecule has 0 saturated carbocycles. The Bertz CT molecular complexity index is 428. The van der Waals surface area contributed by atoms with Crippen molar-refractivity contribution >= 4 is 34.6 Å². The van der Waals surface area contributed by atoms with Crippen LogP contribution in [0.3, 0.4) is 0 Å². The fraction of sp³-hybridized carbons (Fsp3) is 0.167. The number of carbonyl (C=O) groups is 2. The number of esters is 2. The minimum atomic E-state index is -0.259. The van der Waals surface area contributed by atoms with E-state index in [2.05, 4.69) is 9.47 Å². The first-order chi connectivity index (χ1) is 8.69. The summed E-state index contributed by atoms with van der Waals surface area (Å²) in [6, 6.07) is 7.10. The second kappa shape index (κ2) is 7.62. The lowest BCUT2D eigenvalue weighted by Gasteiger charge is -1.90. The fourth-order valence-corrected chi connectivity index (χ4v) is 2.27.